The van der Waals surface area contributed by atoms with Crippen molar-refractivity contribution in [2.45, 2.75) is 18.9 Å². The lowest BCUT2D eigenvalue weighted by molar-refractivity contribution is 0.0911. The van der Waals surface area contributed by atoms with Gasteiger partial charge in [-0.2, -0.15) is 0 Å². The van der Waals surface area contributed by atoms with Gasteiger partial charge >= 0.3 is 0 Å². The molecule has 1 fully saturated rings. The number of amides is 1. The van der Waals surface area contributed by atoms with E-state index in [0.717, 1.165) is 32.0 Å². The molecule has 0 aliphatic carbocycles. The van der Waals surface area contributed by atoms with E-state index in [2.05, 4.69) is 10.2 Å². The predicted octanol–water partition coefficient (Wildman–Crippen LogP) is 1.96. The number of nitrogens with one attached hydrogen (secondary N) is 1. The van der Waals surface area contributed by atoms with Crippen molar-refractivity contribution >= 4 is 34.7 Å². The minimum absolute atomic E-state index is 0.0185. The predicted molar refractivity (Wildman–Crippen MR) is 85.1 cm³/mol. The van der Waals surface area contributed by atoms with E-state index in [1.165, 1.54) is 12.1 Å². The van der Waals surface area contributed by atoms with E-state index in [0.29, 0.717) is 11.5 Å². The molecule has 0 aromatic heterocycles. The van der Waals surface area contributed by atoms with E-state index < -0.39 is 11.7 Å². The fourth-order valence-corrected chi connectivity index (χ4v) is 2.73. The maximum atomic E-state index is 13.7. The molecule has 114 valence electrons. The zero-order chi connectivity index (χ0) is 15.4. The second kappa shape index (κ2) is 7.15. The highest BCUT2D eigenvalue weighted by Gasteiger charge is 2.22. The number of nitrogens with two attached hydrogens (primary N) is 1. The molecule has 1 saturated heterocycles. The van der Waals surface area contributed by atoms with Gasteiger partial charge in [0, 0.05) is 30.7 Å². The van der Waals surface area contributed by atoms with E-state index in [-0.39, 0.29) is 16.6 Å². The standard InChI is InChI=1S/C14H17ClFN3OS/c15-9-1-2-11(12(16)7-9)14(20)18-10-3-5-19(6-4-10)8-13(17)21/h1-2,7,10H,3-6,8H2,(H2,17,21)(H,18,20). The monoisotopic (exact) mass is 329 g/mol. The van der Waals surface area contributed by atoms with Gasteiger partial charge in [-0.15, -0.1) is 0 Å². The van der Waals surface area contributed by atoms with Crippen LogP contribution in [0.1, 0.15) is 23.2 Å². The van der Waals surface area contributed by atoms with E-state index in [9.17, 15) is 9.18 Å². The minimum Gasteiger partial charge on any atom is -0.392 e. The summed E-state index contributed by atoms with van der Waals surface area (Å²) in [6.07, 6.45) is 1.59. The third-order valence-electron chi connectivity index (χ3n) is 3.48. The number of hydrogen-bond acceptors (Lipinski definition) is 3. The Morgan fingerprint density at radius 1 is 1.48 bits per heavy atom. The topological polar surface area (TPSA) is 58.4 Å². The van der Waals surface area contributed by atoms with Gasteiger partial charge in [0.15, 0.2) is 0 Å². The summed E-state index contributed by atoms with van der Waals surface area (Å²) in [6, 6.07) is 4.08. The van der Waals surface area contributed by atoms with E-state index in [1.54, 1.807) is 0 Å². The molecule has 0 saturated carbocycles. The van der Waals surface area contributed by atoms with Gasteiger partial charge < -0.3 is 11.1 Å². The molecule has 1 aliphatic heterocycles. The average Bonchev–Trinajstić information content (AvgIpc) is 2.40. The molecule has 1 aromatic carbocycles. The Morgan fingerprint density at radius 3 is 2.71 bits per heavy atom. The molecule has 0 bridgehead atoms. The van der Waals surface area contributed by atoms with Crippen molar-refractivity contribution in [3.05, 3.63) is 34.6 Å². The highest BCUT2D eigenvalue weighted by molar-refractivity contribution is 7.80. The maximum absolute atomic E-state index is 13.7. The van der Waals surface area contributed by atoms with E-state index in [1.807, 2.05) is 0 Å². The summed E-state index contributed by atoms with van der Waals surface area (Å²) in [5, 5.41) is 3.13. The van der Waals surface area contributed by atoms with Crippen LogP contribution >= 0.6 is 23.8 Å². The summed E-state index contributed by atoms with van der Waals surface area (Å²) >= 11 is 10.6. The number of thiocarbonyl (C=S) groups is 1. The Kier molecular flexibility index (Phi) is 5.50. The minimum atomic E-state index is -0.606. The van der Waals surface area contributed by atoms with E-state index >= 15 is 0 Å². The van der Waals surface area contributed by atoms with Crippen LogP contribution in [-0.4, -0.2) is 41.5 Å². The fourth-order valence-electron chi connectivity index (χ4n) is 2.39. The van der Waals surface area contributed by atoms with Crippen molar-refractivity contribution in [2.24, 2.45) is 5.73 Å². The number of halogens is 2. The molecule has 4 nitrogen and oxygen atoms in total. The first-order chi connectivity index (χ1) is 9.95. The van der Waals surface area contributed by atoms with Gasteiger partial charge in [-0.25, -0.2) is 4.39 Å². The van der Waals surface area contributed by atoms with Crippen LogP contribution in [0.15, 0.2) is 18.2 Å². The van der Waals surface area contributed by atoms with Gasteiger partial charge in [0.2, 0.25) is 0 Å². The number of carbonyl (C=O) groups is 1. The van der Waals surface area contributed by atoms with Crippen LogP contribution in [0.4, 0.5) is 4.39 Å². The lowest BCUT2D eigenvalue weighted by Crippen LogP contribution is -2.46. The van der Waals surface area contributed by atoms with Gasteiger partial charge in [-0.1, -0.05) is 23.8 Å². The molecule has 2 rings (SSSR count). The van der Waals surface area contributed by atoms with Gasteiger partial charge in [-0.3, -0.25) is 9.69 Å². The van der Waals surface area contributed by atoms with Gasteiger partial charge in [-0.05, 0) is 31.0 Å². The van der Waals surface area contributed by atoms with Crippen LogP contribution in [0.2, 0.25) is 5.02 Å². The van der Waals surface area contributed by atoms with E-state index in [4.69, 9.17) is 29.6 Å². The van der Waals surface area contributed by atoms with Crippen LogP contribution in [0.3, 0.4) is 0 Å². The molecule has 3 N–H and O–H groups in total. The van der Waals surface area contributed by atoms with Crippen molar-refractivity contribution in [2.75, 3.05) is 19.6 Å². The van der Waals surface area contributed by atoms with Crippen LogP contribution in [0.5, 0.6) is 0 Å². The Bertz CT molecular complexity index is 547. The Labute approximate surface area is 133 Å². The Morgan fingerprint density at radius 2 is 2.14 bits per heavy atom. The molecule has 0 unspecified atom stereocenters. The Hall–Kier alpha value is -1.24. The largest absolute Gasteiger partial charge is 0.392 e. The lowest BCUT2D eigenvalue weighted by atomic mass is 10.0. The quantitative estimate of drug-likeness (QED) is 0.829. The summed E-state index contributed by atoms with van der Waals surface area (Å²) in [6.45, 7) is 2.22. The molecule has 21 heavy (non-hydrogen) atoms. The molecule has 1 heterocycles. The smallest absolute Gasteiger partial charge is 0.254 e. The number of carbonyl (C=O) groups excluding carboxylic acids is 1. The normalized spacial score (nSPS) is 16.7. The lowest BCUT2D eigenvalue weighted by Gasteiger charge is -2.31. The van der Waals surface area contributed by atoms with Crippen LogP contribution < -0.4 is 11.1 Å². The van der Waals surface area contributed by atoms with Crippen molar-refractivity contribution < 1.29 is 9.18 Å². The first-order valence-electron chi connectivity index (χ1n) is 6.72. The van der Waals surface area contributed by atoms with Crippen molar-refractivity contribution in [1.29, 1.82) is 0 Å². The number of hydrogen-bond donors (Lipinski definition) is 2. The molecule has 7 heteroatoms. The second-order valence-corrected chi connectivity index (χ2v) is 6.08. The highest BCUT2D eigenvalue weighted by atomic mass is 35.5. The van der Waals surface area contributed by atoms with Crippen LogP contribution in [0, 0.1) is 5.82 Å². The number of nitrogens with zero attached hydrogens (tertiary/aromatic N) is 1. The van der Waals surface area contributed by atoms with Crippen molar-refractivity contribution in [1.82, 2.24) is 10.2 Å². The zero-order valence-corrected chi connectivity index (χ0v) is 13.0. The first-order valence-corrected chi connectivity index (χ1v) is 7.51. The number of rotatable bonds is 4. The third kappa shape index (κ3) is 4.62. The van der Waals surface area contributed by atoms with Crippen molar-refractivity contribution in [3.8, 4) is 0 Å². The SMILES string of the molecule is NC(=S)CN1CCC(NC(=O)c2ccc(Cl)cc2F)CC1. The average molecular weight is 330 g/mol. The molecule has 1 aliphatic rings. The van der Waals surface area contributed by atoms with Crippen molar-refractivity contribution in [3.63, 3.8) is 0 Å². The summed E-state index contributed by atoms with van der Waals surface area (Å²) < 4.78 is 13.7. The summed E-state index contributed by atoms with van der Waals surface area (Å²) in [5.74, 6) is -1.01. The highest BCUT2D eigenvalue weighted by Crippen LogP contribution is 2.16. The molecule has 0 atom stereocenters. The Balaban J connectivity index is 1.88. The number of likely N-dealkylation sites (tertiary alicyclic amines) is 1. The van der Waals surface area contributed by atoms with Gasteiger partial charge in [0.05, 0.1) is 10.6 Å². The maximum Gasteiger partial charge on any atom is 0.254 e. The van der Waals surface area contributed by atoms with Crippen LogP contribution in [-0.2, 0) is 0 Å². The molecular formula is C14H17ClFN3OS. The number of benzene rings is 1. The molecule has 1 amide bonds. The van der Waals surface area contributed by atoms with Gasteiger partial charge in [0.25, 0.3) is 5.91 Å². The summed E-state index contributed by atoms with van der Waals surface area (Å²) in [7, 11) is 0. The number of piperidine rings is 1. The second-order valence-electron chi connectivity index (χ2n) is 5.11. The summed E-state index contributed by atoms with van der Waals surface area (Å²) in [4.78, 5) is 14.7. The molecule has 0 spiro atoms. The molecule has 1 aromatic rings. The fraction of sp³-hybridized carbons (Fsp3) is 0.429. The summed E-state index contributed by atoms with van der Waals surface area (Å²) in [5.41, 5.74) is 5.53. The van der Waals surface area contributed by atoms with Crippen LogP contribution in [0.25, 0.3) is 0 Å². The first kappa shape index (κ1) is 16.1. The zero-order valence-electron chi connectivity index (χ0n) is 11.4. The molecular weight excluding hydrogens is 313 g/mol. The third-order valence-corrected chi connectivity index (χ3v) is 3.84. The van der Waals surface area contributed by atoms with Gasteiger partial charge in [0.1, 0.15) is 5.82 Å². The molecule has 0 radical (unpaired) electrons.